The molecule has 1 aliphatic carbocycles. The molecule has 20 heavy (non-hydrogen) atoms. The minimum absolute atomic E-state index is 0.109. The Kier molecular flexibility index (Phi) is 6.16. The van der Waals surface area contributed by atoms with E-state index in [1.165, 1.54) is 25.7 Å². The lowest BCUT2D eigenvalue weighted by Gasteiger charge is -2.20. The first-order valence-electron chi connectivity index (χ1n) is 7.42. The second-order valence-electron chi connectivity index (χ2n) is 5.84. The van der Waals surface area contributed by atoms with Crippen molar-refractivity contribution in [3.05, 3.63) is 33.8 Å². The number of hydrogen-bond acceptors (Lipinski definition) is 2. The Hall–Kier alpha value is -0.280. The number of nitrogens with one attached hydrogen (secondary N) is 1. The molecular weight excluding hydrogens is 293 g/mol. The smallest absolute Gasteiger partial charge is 0.0667 e. The number of benzene rings is 1. The SMILES string of the molecule is CC(NCC(O)CC1CCCC1)c1ccc(Cl)cc1Cl. The third kappa shape index (κ3) is 4.63. The van der Waals surface area contributed by atoms with Gasteiger partial charge in [-0.05, 0) is 37.0 Å². The van der Waals surface area contributed by atoms with Crippen LogP contribution < -0.4 is 5.32 Å². The maximum Gasteiger partial charge on any atom is 0.0667 e. The second kappa shape index (κ2) is 7.65. The predicted molar refractivity (Wildman–Crippen MR) is 85.5 cm³/mol. The monoisotopic (exact) mass is 315 g/mol. The van der Waals surface area contributed by atoms with E-state index in [0.717, 1.165) is 12.0 Å². The number of aliphatic hydroxyl groups is 1. The van der Waals surface area contributed by atoms with E-state index in [1.807, 2.05) is 12.1 Å². The zero-order chi connectivity index (χ0) is 14.5. The van der Waals surface area contributed by atoms with Crippen LogP contribution in [0.4, 0.5) is 0 Å². The van der Waals surface area contributed by atoms with Crippen LogP contribution in [0.5, 0.6) is 0 Å². The average molecular weight is 316 g/mol. The molecule has 2 N–H and O–H groups in total. The van der Waals surface area contributed by atoms with Crippen molar-refractivity contribution in [1.29, 1.82) is 0 Å². The summed E-state index contributed by atoms with van der Waals surface area (Å²) in [5.41, 5.74) is 1.02. The van der Waals surface area contributed by atoms with E-state index in [4.69, 9.17) is 23.2 Å². The molecule has 2 rings (SSSR count). The van der Waals surface area contributed by atoms with Gasteiger partial charge in [0.25, 0.3) is 0 Å². The molecule has 2 atom stereocenters. The van der Waals surface area contributed by atoms with Crippen molar-refractivity contribution in [3.8, 4) is 0 Å². The van der Waals surface area contributed by atoms with Gasteiger partial charge >= 0.3 is 0 Å². The summed E-state index contributed by atoms with van der Waals surface area (Å²) in [5.74, 6) is 0.709. The van der Waals surface area contributed by atoms with E-state index in [0.29, 0.717) is 22.5 Å². The molecule has 1 aromatic rings. The summed E-state index contributed by atoms with van der Waals surface area (Å²) >= 11 is 12.1. The summed E-state index contributed by atoms with van der Waals surface area (Å²) in [6.45, 7) is 2.66. The van der Waals surface area contributed by atoms with Crippen molar-refractivity contribution < 1.29 is 5.11 Å². The molecule has 1 saturated carbocycles. The lowest BCUT2D eigenvalue weighted by atomic mass is 9.99. The molecule has 0 amide bonds. The molecule has 0 saturated heterocycles. The molecular formula is C16H23Cl2NO. The van der Waals surface area contributed by atoms with Gasteiger partial charge in [-0.2, -0.15) is 0 Å². The topological polar surface area (TPSA) is 32.3 Å². The third-order valence-corrected chi connectivity index (χ3v) is 4.73. The third-order valence-electron chi connectivity index (χ3n) is 4.17. The highest BCUT2D eigenvalue weighted by Gasteiger charge is 2.19. The van der Waals surface area contributed by atoms with Gasteiger partial charge < -0.3 is 10.4 Å². The Morgan fingerprint density at radius 2 is 2.00 bits per heavy atom. The fraction of sp³-hybridized carbons (Fsp3) is 0.625. The van der Waals surface area contributed by atoms with Crippen LogP contribution in [-0.4, -0.2) is 17.8 Å². The molecule has 0 radical (unpaired) electrons. The van der Waals surface area contributed by atoms with Crippen molar-refractivity contribution in [2.75, 3.05) is 6.54 Å². The molecule has 0 aliphatic heterocycles. The van der Waals surface area contributed by atoms with Crippen LogP contribution in [0.15, 0.2) is 18.2 Å². The number of rotatable bonds is 6. The van der Waals surface area contributed by atoms with Gasteiger partial charge in [-0.1, -0.05) is 55.0 Å². The molecule has 0 heterocycles. The predicted octanol–water partition coefficient (Wildman–Crippen LogP) is 4.59. The van der Waals surface area contributed by atoms with Crippen molar-refractivity contribution in [3.63, 3.8) is 0 Å². The summed E-state index contributed by atoms with van der Waals surface area (Å²) in [6.07, 6.45) is 5.83. The van der Waals surface area contributed by atoms with Gasteiger partial charge in [0.05, 0.1) is 6.10 Å². The summed E-state index contributed by atoms with van der Waals surface area (Å²) in [4.78, 5) is 0. The molecule has 4 heteroatoms. The summed E-state index contributed by atoms with van der Waals surface area (Å²) in [6, 6.07) is 5.64. The Balaban J connectivity index is 1.80. The highest BCUT2D eigenvalue weighted by molar-refractivity contribution is 6.35. The molecule has 1 fully saturated rings. The number of aliphatic hydroxyl groups excluding tert-OH is 1. The quantitative estimate of drug-likeness (QED) is 0.805. The van der Waals surface area contributed by atoms with Gasteiger partial charge in [-0.25, -0.2) is 0 Å². The van der Waals surface area contributed by atoms with Crippen molar-refractivity contribution >= 4 is 23.2 Å². The Morgan fingerprint density at radius 1 is 1.30 bits per heavy atom. The molecule has 1 aliphatic rings. The average Bonchev–Trinajstić information content (AvgIpc) is 2.89. The molecule has 2 unspecified atom stereocenters. The first-order valence-corrected chi connectivity index (χ1v) is 8.18. The van der Waals surface area contributed by atoms with Gasteiger partial charge in [0, 0.05) is 22.6 Å². The molecule has 1 aromatic carbocycles. The molecule has 0 aromatic heterocycles. The minimum atomic E-state index is -0.272. The van der Waals surface area contributed by atoms with Gasteiger partial charge in [0.1, 0.15) is 0 Å². The first kappa shape index (κ1) is 16.1. The summed E-state index contributed by atoms with van der Waals surface area (Å²) in [5, 5.41) is 14.8. The van der Waals surface area contributed by atoms with Crippen LogP contribution >= 0.6 is 23.2 Å². The summed E-state index contributed by atoms with van der Waals surface area (Å²) in [7, 11) is 0. The summed E-state index contributed by atoms with van der Waals surface area (Å²) < 4.78 is 0. The number of halogens is 2. The van der Waals surface area contributed by atoms with Gasteiger partial charge in [-0.3, -0.25) is 0 Å². The van der Waals surface area contributed by atoms with E-state index in [2.05, 4.69) is 12.2 Å². The van der Waals surface area contributed by atoms with Crippen LogP contribution in [0.25, 0.3) is 0 Å². The Labute approximate surface area is 131 Å². The van der Waals surface area contributed by atoms with E-state index < -0.39 is 0 Å². The standard InChI is InChI=1S/C16H23Cl2NO/c1-11(15-7-6-13(17)9-16(15)18)19-10-14(20)8-12-4-2-3-5-12/h6-7,9,11-12,14,19-20H,2-5,8,10H2,1H3. The van der Waals surface area contributed by atoms with Crippen molar-refractivity contribution in [2.45, 2.75) is 51.2 Å². The lowest BCUT2D eigenvalue weighted by molar-refractivity contribution is 0.137. The van der Waals surface area contributed by atoms with Crippen LogP contribution in [0.3, 0.4) is 0 Å². The largest absolute Gasteiger partial charge is 0.392 e. The van der Waals surface area contributed by atoms with Crippen molar-refractivity contribution in [2.24, 2.45) is 5.92 Å². The van der Waals surface area contributed by atoms with Gasteiger partial charge in [0.2, 0.25) is 0 Å². The van der Waals surface area contributed by atoms with Crippen LogP contribution in [0.1, 0.15) is 50.6 Å². The Bertz CT molecular complexity index is 432. The molecule has 2 nitrogen and oxygen atoms in total. The van der Waals surface area contributed by atoms with Gasteiger partial charge in [0.15, 0.2) is 0 Å². The van der Waals surface area contributed by atoms with Crippen LogP contribution in [0.2, 0.25) is 10.0 Å². The molecule has 0 bridgehead atoms. The fourth-order valence-electron chi connectivity index (χ4n) is 2.99. The highest BCUT2D eigenvalue weighted by Crippen LogP contribution is 2.29. The first-order chi connectivity index (χ1) is 9.56. The second-order valence-corrected chi connectivity index (χ2v) is 6.68. The molecule has 0 spiro atoms. The maximum absolute atomic E-state index is 10.1. The minimum Gasteiger partial charge on any atom is -0.392 e. The van der Waals surface area contributed by atoms with E-state index in [1.54, 1.807) is 6.07 Å². The van der Waals surface area contributed by atoms with E-state index >= 15 is 0 Å². The zero-order valence-electron chi connectivity index (χ0n) is 11.9. The molecule has 112 valence electrons. The van der Waals surface area contributed by atoms with Crippen LogP contribution in [0, 0.1) is 5.92 Å². The Morgan fingerprint density at radius 3 is 2.65 bits per heavy atom. The fourth-order valence-corrected chi connectivity index (χ4v) is 3.56. The van der Waals surface area contributed by atoms with E-state index in [-0.39, 0.29) is 12.1 Å². The lowest BCUT2D eigenvalue weighted by Crippen LogP contribution is -2.30. The van der Waals surface area contributed by atoms with Crippen LogP contribution in [-0.2, 0) is 0 Å². The van der Waals surface area contributed by atoms with E-state index in [9.17, 15) is 5.11 Å². The number of hydrogen-bond donors (Lipinski definition) is 2. The van der Waals surface area contributed by atoms with Gasteiger partial charge in [-0.15, -0.1) is 0 Å². The highest BCUT2D eigenvalue weighted by atomic mass is 35.5. The normalized spacial score (nSPS) is 19.2. The maximum atomic E-state index is 10.1. The van der Waals surface area contributed by atoms with Crippen molar-refractivity contribution in [1.82, 2.24) is 5.32 Å². The zero-order valence-corrected chi connectivity index (χ0v) is 13.4.